The van der Waals surface area contributed by atoms with E-state index in [0.717, 1.165) is 12.0 Å². The van der Waals surface area contributed by atoms with Gasteiger partial charge in [0.15, 0.2) is 0 Å². The first-order valence-electron chi connectivity index (χ1n) is 8.15. The Morgan fingerprint density at radius 1 is 1.24 bits per heavy atom. The van der Waals surface area contributed by atoms with E-state index in [9.17, 15) is 9.59 Å². The standard InChI is InChI=1S/C19H22N2O4/c1-4-14-5-7-15(8-6-14)19(24)21-20-12(2)17-11-16(25-13(17)3)9-10-18(22)23/h5-8,11H,4,9-10H2,1-3H3,(H,21,24)(H,22,23)/b20-12-. The molecule has 1 heterocycles. The molecule has 0 fully saturated rings. The first-order chi connectivity index (χ1) is 11.9. The number of aliphatic carboxylic acids is 1. The molecular weight excluding hydrogens is 320 g/mol. The van der Waals surface area contributed by atoms with Crippen molar-refractivity contribution in [3.8, 4) is 0 Å². The van der Waals surface area contributed by atoms with Crippen molar-refractivity contribution in [2.45, 2.75) is 40.0 Å². The minimum absolute atomic E-state index is 0.00702. The van der Waals surface area contributed by atoms with Gasteiger partial charge in [0, 0.05) is 17.5 Å². The summed E-state index contributed by atoms with van der Waals surface area (Å²) in [5.41, 5.74) is 5.59. The van der Waals surface area contributed by atoms with Gasteiger partial charge in [-0.2, -0.15) is 5.10 Å². The Morgan fingerprint density at radius 3 is 2.52 bits per heavy atom. The number of benzene rings is 1. The monoisotopic (exact) mass is 342 g/mol. The van der Waals surface area contributed by atoms with Gasteiger partial charge in [-0.3, -0.25) is 9.59 Å². The van der Waals surface area contributed by atoms with Gasteiger partial charge in [0.05, 0.1) is 12.1 Å². The van der Waals surface area contributed by atoms with Gasteiger partial charge in [0.2, 0.25) is 0 Å². The van der Waals surface area contributed by atoms with Crippen LogP contribution in [0, 0.1) is 6.92 Å². The predicted octanol–water partition coefficient (Wildman–Crippen LogP) is 3.32. The number of rotatable bonds is 7. The fourth-order valence-corrected chi connectivity index (χ4v) is 2.41. The van der Waals surface area contributed by atoms with Crippen molar-refractivity contribution in [1.82, 2.24) is 5.43 Å². The second-order valence-corrected chi connectivity index (χ2v) is 5.76. The lowest BCUT2D eigenvalue weighted by molar-refractivity contribution is -0.137. The van der Waals surface area contributed by atoms with Crippen molar-refractivity contribution < 1.29 is 19.1 Å². The van der Waals surface area contributed by atoms with Crippen LogP contribution >= 0.6 is 0 Å². The van der Waals surface area contributed by atoms with Gasteiger partial charge < -0.3 is 9.52 Å². The van der Waals surface area contributed by atoms with E-state index >= 15 is 0 Å². The fourth-order valence-electron chi connectivity index (χ4n) is 2.41. The maximum atomic E-state index is 12.1. The third kappa shape index (κ3) is 5.04. The molecular formula is C19H22N2O4. The molecule has 2 rings (SSSR count). The molecule has 0 bridgehead atoms. The Morgan fingerprint density at radius 2 is 1.92 bits per heavy atom. The number of nitrogens with zero attached hydrogens (tertiary/aromatic N) is 1. The highest BCUT2D eigenvalue weighted by atomic mass is 16.4. The van der Waals surface area contributed by atoms with Crippen molar-refractivity contribution in [2.24, 2.45) is 5.10 Å². The molecule has 0 aliphatic rings. The van der Waals surface area contributed by atoms with Gasteiger partial charge >= 0.3 is 5.97 Å². The van der Waals surface area contributed by atoms with Crippen molar-refractivity contribution in [2.75, 3.05) is 0 Å². The van der Waals surface area contributed by atoms with Gasteiger partial charge in [-0.1, -0.05) is 19.1 Å². The molecule has 2 N–H and O–H groups in total. The molecule has 0 aliphatic carbocycles. The Balaban J connectivity index is 2.05. The number of carboxylic acid groups (broad SMARTS) is 1. The number of hydrazone groups is 1. The van der Waals surface area contributed by atoms with Crippen molar-refractivity contribution >= 4 is 17.6 Å². The molecule has 1 aromatic heterocycles. The van der Waals surface area contributed by atoms with Crippen LogP contribution in [0.1, 0.15) is 53.3 Å². The smallest absolute Gasteiger partial charge is 0.303 e. The van der Waals surface area contributed by atoms with Crippen molar-refractivity contribution in [1.29, 1.82) is 0 Å². The Bertz CT molecular complexity index is 788. The van der Waals surface area contributed by atoms with Crippen LogP contribution in [-0.2, 0) is 17.6 Å². The third-order valence-corrected chi connectivity index (χ3v) is 3.89. The lowest BCUT2D eigenvalue weighted by Crippen LogP contribution is -2.19. The molecule has 2 aromatic rings. The number of carbonyl (C=O) groups excluding carboxylic acids is 1. The summed E-state index contributed by atoms with van der Waals surface area (Å²) in [6.45, 7) is 5.60. The highest BCUT2D eigenvalue weighted by Crippen LogP contribution is 2.17. The number of hydrogen-bond acceptors (Lipinski definition) is 4. The van der Waals surface area contributed by atoms with Crippen LogP contribution in [0.3, 0.4) is 0 Å². The summed E-state index contributed by atoms with van der Waals surface area (Å²) >= 11 is 0. The molecule has 0 saturated carbocycles. The molecule has 0 unspecified atom stereocenters. The summed E-state index contributed by atoms with van der Waals surface area (Å²) in [6, 6.07) is 9.14. The number of hydrogen-bond donors (Lipinski definition) is 2. The van der Waals surface area contributed by atoms with E-state index in [4.69, 9.17) is 9.52 Å². The van der Waals surface area contributed by atoms with E-state index in [-0.39, 0.29) is 12.3 Å². The summed E-state index contributed by atoms with van der Waals surface area (Å²) in [4.78, 5) is 22.8. The molecule has 1 amide bonds. The van der Waals surface area contributed by atoms with E-state index in [2.05, 4.69) is 17.5 Å². The van der Waals surface area contributed by atoms with E-state index in [0.29, 0.717) is 29.2 Å². The largest absolute Gasteiger partial charge is 0.481 e. The predicted molar refractivity (Wildman–Crippen MR) is 94.9 cm³/mol. The molecule has 0 radical (unpaired) electrons. The summed E-state index contributed by atoms with van der Waals surface area (Å²) < 4.78 is 5.55. The van der Waals surface area contributed by atoms with Gasteiger partial charge in [0.1, 0.15) is 11.5 Å². The van der Waals surface area contributed by atoms with Crippen molar-refractivity contribution in [3.63, 3.8) is 0 Å². The maximum Gasteiger partial charge on any atom is 0.303 e. The molecule has 25 heavy (non-hydrogen) atoms. The lowest BCUT2D eigenvalue weighted by Gasteiger charge is -2.03. The summed E-state index contributed by atoms with van der Waals surface area (Å²) in [7, 11) is 0. The molecule has 0 spiro atoms. The van der Waals surface area contributed by atoms with Crippen LogP contribution in [0.15, 0.2) is 39.9 Å². The van der Waals surface area contributed by atoms with Crippen LogP contribution < -0.4 is 5.43 Å². The summed E-state index contributed by atoms with van der Waals surface area (Å²) in [5.74, 6) is 0.0747. The minimum atomic E-state index is -0.873. The molecule has 6 heteroatoms. The van der Waals surface area contributed by atoms with Crippen LogP contribution in [0.2, 0.25) is 0 Å². The van der Waals surface area contributed by atoms with E-state index in [1.165, 1.54) is 5.56 Å². The van der Waals surface area contributed by atoms with E-state index < -0.39 is 5.97 Å². The van der Waals surface area contributed by atoms with Crippen LogP contribution in [-0.4, -0.2) is 22.7 Å². The van der Waals surface area contributed by atoms with Gasteiger partial charge in [-0.25, -0.2) is 5.43 Å². The first kappa shape index (κ1) is 18.4. The number of aryl methyl sites for hydroxylation is 3. The van der Waals surface area contributed by atoms with Gasteiger partial charge in [0.25, 0.3) is 5.91 Å². The maximum absolute atomic E-state index is 12.1. The number of carboxylic acids is 1. The first-order valence-corrected chi connectivity index (χ1v) is 8.15. The lowest BCUT2D eigenvalue weighted by atomic mass is 10.1. The molecule has 0 saturated heterocycles. The minimum Gasteiger partial charge on any atom is -0.481 e. The summed E-state index contributed by atoms with van der Waals surface area (Å²) in [5, 5.41) is 12.9. The zero-order chi connectivity index (χ0) is 18.4. The SMILES string of the molecule is CCc1ccc(C(=O)N/N=C(/C)c2cc(CCC(=O)O)oc2C)cc1. The van der Waals surface area contributed by atoms with Crippen molar-refractivity contribution in [3.05, 3.63) is 58.5 Å². The Labute approximate surface area is 146 Å². The van der Waals surface area contributed by atoms with Crippen LogP contribution in [0.5, 0.6) is 0 Å². The number of nitrogens with one attached hydrogen (secondary N) is 1. The number of carbonyl (C=O) groups is 2. The quantitative estimate of drug-likeness (QED) is 0.596. The Kier molecular flexibility index (Phi) is 6.11. The molecule has 1 aromatic carbocycles. The van der Waals surface area contributed by atoms with E-state index in [1.54, 1.807) is 32.0 Å². The van der Waals surface area contributed by atoms with Crippen LogP contribution in [0.4, 0.5) is 0 Å². The van der Waals surface area contributed by atoms with Crippen LogP contribution in [0.25, 0.3) is 0 Å². The second kappa shape index (κ2) is 8.28. The zero-order valence-corrected chi connectivity index (χ0v) is 14.6. The topological polar surface area (TPSA) is 91.9 Å². The normalized spacial score (nSPS) is 11.4. The number of furan rings is 1. The Hall–Kier alpha value is -2.89. The average molecular weight is 342 g/mol. The molecule has 132 valence electrons. The molecule has 0 atom stereocenters. The highest BCUT2D eigenvalue weighted by Gasteiger charge is 2.12. The average Bonchev–Trinajstić information content (AvgIpc) is 2.98. The van der Waals surface area contributed by atoms with Gasteiger partial charge in [-0.15, -0.1) is 0 Å². The number of amides is 1. The highest BCUT2D eigenvalue weighted by molar-refractivity contribution is 6.01. The second-order valence-electron chi connectivity index (χ2n) is 5.76. The zero-order valence-electron chi connectivity index (χ0n) is 14.6. The molecule has 6 nitrogen and oxygen atoms in total. The third-order valence-electron chi connectivity index (χ3n) is 3.89. The summed E-state index contributed by atoms with van der Waals surface area (Å²) in [6.07, 6.45) is 1.25. The van der Waals surface area contributed by atoms with Gasteiger partial charge in [-0.05, 0) is 44.0 Å². The fraction of sp³-hybridized carbons (Fsp3) is 0.316. The molecule has 0 aliphatic heterocycles. The van der Waals surface area contributed by atoms with E-state index in [1.807, 2.05) is 12.1 Å².